The first-order valence-corrected chi connectivity index (χ1v) is 10.9. The van der Waals surface area contributed by atoms with Crippen LogP contribution < -0.4 is 15.4 Å². The van der Waals surface area contributed by atoms with Gasteiger partial charge in [-0.3, -0.25) is 9.59 Å². The second kappa shape index (κ2) is 10.3. The molecule has 31 heavy (non-hydrogen) atoms. The quantitative estimate of drug-likeness (QED) is 0.683. The molecule has 1 saturated heterocycles. The summed E-state index contributed by atoms with van der Waals surface area (Å²) in [7, 11) is 0. The van der Waals surface area contributed by atoms with Gasteiger partial charge >= 0.3 is 0 Å². The van der Waals surface area contributed by atoms with E-state index in [2.05, 4.69) is 15.7 Å². The highest BCUT2D eigenvalue weighted by Crippen LogP contribution is 2.21. The molecule has 2 aliphatic heterocycles. The van der Waals surface area contributed by atoms with Crippen molar-refractivity contribution in [3.8, 4) is 11.4 Å². The summed E-state index contributed by atoms with van der Waals surface area (Å²) >= 11 is 0. The van der Waals surface area contributed by atoms with E-state index in [1.54, 1.807) is 10.9 Å². The molecule has 2 aromatic rings. The molecule has 0 radical (unpaired) electrons. The molecular weight excluding hydrogens is 394 g/mol. The Kier molecular flexibility index (Phi) is 6.99. The first kappa shape index (κ1) is 21.1. The van der Waals surface area contributed by atoms with Crippen LogP contribution in [0.2, 0.25) is 0 Å². The fourth-order valence-corrected chi connectivity index (χ4v) is 3.94. The maximum atomic E-state index is 12.9. The highest BCUT2D eigenvalue weighted by molar-refractivity contribution is 5.95. The van der Waals surface area contributed by atoms with Crippen LogP contribution in [0.3, 0.4) is 0 Å². The Morgan fingerprint density at radius 3 is 2.87 bits per heavy atom. The van der Waals surface area contributed by atoms with E-state index in [1.165, 1.54) is 0 Å². The van der Waals surface area contributed by atoms with Gasteiger partial charge in [0.15, 0.2) is 11.4 Å². The van der Waals surface area contributed by atoms with Crippen LogP contribution in [0.25, 0.3) is 5.69 Å². The highest BCUT2D eigenvalue weighted by Gasteiger charge is 2.25. The SMILES string of the molecule is O=C1NC[C@H]2CCCN(C2)C(=O)CCNC/C=C/COc2cn(-c3ccccc3)nc21. The molecule has 1 atom stereocenters. The second-order valence-electron chi connectivity index (χ2n) is 7.92. The van der Waals surface area contributed by atoms with Gasteiger partial charge in [-0.2, -0.15) is 5.10 Å². The summed E-state index contributed by atoms with van der Waals surface area (Å²) in [6, 6.07) is 9.64. The Labute approximate surface area is 182 Å². The number of nitrogens with zero attached hydrogens (tertiary/aromatic N) is 3. The van der Waals surface area contributed by atoms with Gasteiger partial charge in [0.2, 0.25) is 5.91 Å². The van der Waals surface area contributed by atoms with Crippen LogP contribution in [-0.2, 0) is 4.79 Å². The molecule has 164 valence electrons. The topological polar surface area (TPSA) is 88.5 Å². The van der Waals surface area contributed by atoms with Gasteiger partial charge in [0.1, 0.15) is 6.61 Å². The summed E-state index contributed by atoms with van der Waals surface area (Å²) in [5.41, 5.74) is 1.12. The number of para-hydroxylation sites is 1. The third-order valence-corrected chi connectivity index (χ3v) is 5.62. The van der Waals surface area contributed by atoms with E-state index in [9.17, 15) is 9.59 Å². The third-order valence-electron chi connectivity index (χ3n) is 5.62. The highest BCUT2D eigenvalue weighted by atomic mass is 16.5. The third kappa shape index (κ3) is 5.52. The average molecular weight is 424 g/mol. The van der Waals surface area contributed by atoms with E-state index < -0.39 is 0 Å². The number of fused-ring (bicyclic) bond motifs is 3. The van der Waals surface area contributed by atoms with Gasteiger partial charge in [0.25, 0.3) is 5.91 Å². The lowest BCUT2D eigenvalue weighted by molar-refractivity contribution is -0.132. The number of benzene rings is 1. The van der Waals surface area contributed by atoms with Crippen LogP contribution in [0.5, 0.6) is 5.75 Å². The van der Waals surface area contributed by atoms with Crippen molar-refractivity contribution in [2.24, 2.45) is 5.92 Å². The molecule has 0 unspecified atom stereocenters. The molecule has 8 nitrogen and oxygen atoms in total. The monoisotopic (exact) mass is 423 g/mol. The van der Waals surface area contributed by atoms with Gasteiger partial charge < -0.3 is 20.3 Å². The van der Waals surface area contributed by atoms with Crippen molar-refractivity contribution in [2.75, 3.05) is 39.3 Å². The van der Waals surface area contributed by atoms with E-state index in [4.69, 9.17) is 4.74 Å². The van der Waals surface area contributed by atoms with Crippen molar-refractivity contribution < 1.29 is 14.3 Å². The summed E-state index contributed by atoms with van der Waals surface area (Å²) in [5, 5.41) is 10.8. The van der Waals surface area contributed by atoms with E-state index in [1.807, 2.05) is 47.4 Å². The Morgan fingerprint density at radius 2 is 2.00 bits per heavy atom. The van der Waals surface area contributed by atoms with Crippen LogP contribution in [0.4, 0.5) is 0 Å². The largest absolute Gasteiger partial charge is 0.485 e. The normalized spacial score (nSPS) is 22.1. The van der Waals surface area contributed by atoms with Crippen molar-refractivity contribution in [3.63, 3.8) is 0 Å². The molecule has 3 heterocycles. The van der Waals surface area contributed by atoms with Gasteiger partial charge in [0.05, 0.1) is 11.9 Å². The molecule has 0 aliphatic carbocycles. The lowest BCUT2D eigenvalue weighted by Gasteiger charge is -2.33. The molecule has 2 amide bonds. The summed E-state index contributed by atoms with van der Waals surface area (Å²) < 4.78 is 7.52. The van der Waals surface area contributed by atoms with E-state index in [0.29, 0.717) is 45.0 Å². The molecule has 1 aromatic heterocycles. The van der Waals surface area contributed by atoms with Crippen LogP contribution in [0, 0.1) is 5.92 Å². The number of nitrogens with one attached hydrogen (secondary N) is 2. The fraction of sp³-hybridized carbons (Fsp3) is 0.435. The fourth-order valence-electron chi connectivity index (χ4n) is 3.94. The molecule has 1 fully saturated rings. The molecule has 1 aromatic carbocycles. The predicted octanol–water partition coefficient (Wildman–Crippen LogP) is 1.77. The zero-order valence-electron chi connectivity index (χ0n) is 17.6. The molecular formula is C23H29N5O3. The number of piperidine rings is 1. The minimum atomic E-state index is -0.261. The lowest BCUT2D eigenvalue weighted by Crippen LogP contribution is -2.44. The molecule has 0 spiro atoms. The Bertz CT molecular complexity index is 925. The van der Waals surface area contributed by atoms with Crippen LogP contribution in [-0.4, -0.2) is 65.8 Å². The smallest absolute Gasteiger partial charge is 0.275 e. The van der Waals surface area contributed by atoms with Gasteiger partial charge in [-0.15, -0.1) is 0 Å². The number of rotatable bonds is 1. The molecule has 8 heteroatoms. The van der Waals surface area contributed by atoms with Crippen LogP contribution >= 0.6 is 0 Å². The lowest BCUT2D eigenvalue weighted by atomic mass is 9.97. The zero-order chi connectivity index (χ0) is 21.5. The van der Waals surface area contributed by atoms with Crippen LogP contribution in [0.1, 0.15) is 29.8 Å². The number of ether oxygens (including phenoxy) is 1. The van der Waals surface area contributed by atoms with Gasteiger partial charge in [-0.05, 0) is 30.9 Å². The van der Waals surface area contributed by atoms with Crippen molar-refractivity contribution in [2.45, 2.75) is 19.3 Å². The summed E-state index contributed by atoms with van der Waals surface area (Å²) in [6.07, 6.45) is 8.03. The van der Waals surface area contributed by atoms with Crippen molar-refractivity contribution in [3.05, 3.63) is 54.4 Å². The summed E-state index contributed by atoms with van der Waals surface area (Å²) in [4.78, 5) is 27.4. The van der Waals surface area contributed by atoms with Crippen molar-refractivity contribution in [1.82, 2.24) is 25.3 Å². The summed E-state index contributed by atoms with van der Waals surface area (Å²) in [6.45, 7) is 3.63. The number of amides is 2. The first-order valence-electron chi connectivity index (χ1n) is 10.9. The van der Waals surface area contributed by atoms with E-state index in [0.717, 1.165) is 25.1 Å². The maximum Gasteiger partial charge on any atom is 0.275 e. The number of hydrogen-bond donors (Lipinski definition) is 2. The Hall–Kier alpha value is -3.13. The zero-order valence-corrected chi connectivity index (χ0v) is 17.6. The standard InChI is InChI=1S/C23H29N5O3/c29-21-10-12-24-11-4-5-14-31-20-17-28(19-8-2-1-3-9-19)26-22(20)23(30)25-15-18-7-6-13-27(21)16-18/h1-5,8-9,17-18,24H,6-7,10-16H2,(H,25,30)/b5-4+/t18-/m1/s1. The Morgan fingerprint density at radius 1 is 1.13 bits per heavy atom. The second-order valence-corrected chi connectivity index (χ2v) is 7.92. The van der Waals surface area contributed by atoms with E-state index >= 15 is 0 Å². The molecule has 2 N–H and O–H groups in total. The Balaban J connectivity index is 1.54. The first-order chi connectivity index (χ1) is 15.2. The summed E-state index contributed by atoms with van der Waals surface area (Å²) in [5.74, 6) is 0.600. The maximum absolute atomic E-state index is 12.9. The van der Waals surface area contributed by atoms with Gasteiger partial charge in [0, 0.05) is 39.1 Å². The van der Waals surface area contributed by atoms with Gasteiger partial charge in [-0.1, -0.05) is 30.4 Å². The predicted molar refractivity (Wildman–Crippen MR) is 117 cm³/mol. The minimum Gasteiger partial charge on any atom is -0.485 e. The molecule has 2 bridgehead atoms. The van der Waals surface area contributed by atoms with Crippen molar-refractivity contribution in [1.29, 1.82) is 0 Å². The number of hydrogen-bond acceptors (Lipinski definition) is 5. The minimum absolute atomic E-state index is 0.170. The van der Waals surface area contributed by atoms with E-state index in [-0.39, 0.29) is 23.4 Å². The number of carbonyl (C=O) groups is 2. The number of aromatic nitrogens is 2. The molecule has 4 rings (SSSR count). The molecule has 0 saturated carbocycles. The van der Waals surface area contributed by atoms with Crippen molar-refractivity contribution >= 4 is 11.8 Å². The average Bonchev–Trinajstić information content (AvgIpc) is 3.23. The van der Waals surface area contributed by atoms with Crippen LogP contribution in [0.15, 0.2) is 48.7 Å². The van der Waals surface area contributed by atoms with Gasteiger partial charge in [-0.25, -0.2) is 4.68 Å². The number of carbonyl (C=O) groups excluding carboxylic acids is 2. The molecule has 2 aliphatic rings.